The molecule has 1 saturated heterocycles. The number of hydrogen-bond donors (Lipinski definition) is 3. The molecular weight excluding hydrogens is 680 g/mol. The zero-order valence-corrected chi connectivity index (χ0v) is 32.4. The Morgan fingerprint density at radius 2 is 1.08 bits per heavy atom. The molecule has 1 heterocycles. The van der Waals surface area contributed by atoms with Crippen LogP contribution in [0.3, 0.4) is 0 Å². The van der Waals surface area contributed by atoms with Crippen molar-refractivity contribution >= 4 is 47.6 Å². The van der Waals surface area contributed by atoms with E-state index in [0.717, 1.165) is 0 Å². The quantitative estimate of drug-likeness (QED) is 0.0698. The molecule has 16 heteroatoms. The van der Waals surface area contributed by atoms with Crippen LogP contribution < -0.4 is 16.0 Å². The predicted octanol–water partition coefficient (Wildman–Crippen LogP) is 4.06. The minimum atomic E-state index is -1.20. The molecule has 1 aliphatic heterocycles. The first-order chi connectivity index (χ1) is 24.0. The third-order valence-electron chi connectivity index (χ3n) is 7.03. The number of nitrogens with zero attached hydrogens (tertiary/aromatic N) is 1. The number of urea groups is 1. The highest BCUT2D eigenvalue weighted by Gasteiger charge is 2.33. The molecule has 296 valence electrons. The van der Waals surface area contributed by atoms with Crippen molar-refractivity contribution in [2.24, 2.45) is 0 Å². The topological polar surface area (TPSA) is 213 Å². The van der Waals surface area contributed by atoms with E-state index >= 15 is 0 Å². The van der Waals surface area contributed by atoms with Gasteiger partial charge in [0.15, 0.2) is 0 Å². The van der Waals surface area contributed by atoms with E-state index in [1.165, 1.54) is 0 Å². The summed E-state index contributed by atoms with van der Waals surface area (Å²) < 4.78 is 16.3. The molecule has 0 aromatic heterocycles. The number of ether oxygens (including phenoxy) is 3. The van der Waals surface area contributed by atoms with E-state index in [9.17, 15) is 38.4 Å². The van der Waals surface area contributed by atoms with Gasteiger partial charge in [-0.05, 0) is 101 Å². The van der Waals surface area contributed by atoms with Crippen LogP contribution in [-0.4, -0.2) is 88.1 Å². The first kappa shape index (κ1) is 45.8. The van der Waals surface area contributed by atoms with Gasteiger partial charge in [0.05, 0.1) is 0 Å². The third kappa shape index (κ3) is 21.2. The standard InChI is InChI=1S/C36H60N4O12/c1-34(2,3)49-29(44)22-19-25(32(47)51-36(7,8)9)39-33(48)38-24(31(46)50-35(4,5)6)16-14-15-23-37-26(41)17-12-10-11-13-18-30(45)52-40-27(42)20-21-28(40)43/h24-25H,10-23H2,1-9H3,(H,37,41)(H2,38,39,48). The van der Waals surface area contributed by atoms with Gasteiger partial charge in [-0.15, -0.1) is 5.06 Å². The minimum absolute atomic E-state index is 0.0384. The zero-order valence-electron chi connectivity index (χ0n) is 32.4. The van der Waals surface area contributed by atoms with Gasteiger partial charge in [-0.1, -0.05) is 12.8 Å². The van der Waals surface area contributed by atoms with Gasteiger partial charge in [0.2, 0.25) is 5.91 Å². The van der Waals surface area contributed by atoms with Gasteiger partial charge in [0.1, 0.15) is 28.9 Å². The van der Waals surface area contributed by atoms with Gasteiger partial charge in [0, 0.05) is 38.6 Å². The molecule has 0 aromatic carbocycles. The zero-order chi connectivity index (χ0) is 39.7. The number of carbonyl (C=O) groups is 8. The molecule has 0 aromatic rings. The highest BCUT2D eigenvalue weighted by Crippen LogP contribution is 2.16. The summed E-state index contributed by atoms with van der Waals surface area (Å²) in [6.07, 6.45) is 3.78. The molecule has 2 unspecified atom stereocenters. The number of carbonyl (C=O) groups excluding carboxylic acids is 8. The van der Waals surface area contributed by atoms with E-state index in [1.807, 2.05) is 0 Å². The van der Waals surface area contributed by atoms with E-state index in [4.69, 9.17) is 19.0 Å². The van der Waals surface area contributed by atoms with Crippen LogP contribution in [0.4, 0.5) is 4.79 Å². The summed E-state index contributed by atoms with van der Waals surface area (Å²) in [5.74, 6) is -3.79. The van der Waals surface area contributed by atoms with Crippen LogP contribution in [0, 0.1) is 0 Å². The van der Waals surface area contributed by atoms with E-state index in [-0.39, 0.29) is 50.9 Å². The van der Waals surface area contributed by atoms with Gasteiger partial charge >= 0.3 is 29.9 Å². The van der Waals surface area contributed by atoms with Gasteiger partial charge in [0.25, 0.3) is 11.8 Å². The highest BCUT2D eigenvalue weighted by atomic mass is 16.7. The Hall–Kier alpha value is -4.24. The molecule has 0 radical (unpaired) electrons. The molecule has 16 nitrogen and oxygen atoms in total. The lowest BCUT2D eigenvalue weighted by molar-refractivity contribution is -0.197. The Balaban J connectivity index is 2.56. The summed E-state index contributed by atoms with van der Waals surface area (Å²) in [6.45, 7) is 15.6. The van der Waals surface area contributed by atoms with Crippen molar-refractivity contribution in [1.82, 2.24) is 21.0 Å². The summed E-state index contributed by atoms with van der Waals surface area (Å²) in [6, 6.07) is -3.08. The maximum Gasteiger partial charge on any atom is 0.333 e. The molecule has 0 aliphatic carbocycles. The number of hydrogen-bond acceptors (Lipinski definition) is 12. The van der Waals surface area contributed by atoms with E-state index in [0.29, 0.717) is 50.1 Å². The fraction of sp³-hybridized carbons (Fsp3) is 0.778. The van der Waals surface area contributed by atoms with Crippen LogP contribution in [-0.2, 0) is 52.6 Å². The first-order valence-electron chi connectivity index (χ1n) is 18.0. The summed E-state index contributed by atoms with van der Waals surface area (Å²) in [7, 11) is 0. The van der Waals surface area contributed by atoms with Crippen LogP contribution in [0.25, 0.3) is 0 Å². The van der Waals surface area contributed by atoms with Crippen LogP contribution in [0.15, 0.2) is 0 Å². The van der Waals surface area contributed by atoms with Gasteiger partial charge < -0.3 is 35.0 Å². The monoisotopic (exact) mass is 740 g/mol. The summed E-state index contributed by atoms with van der Waals surface area (Å²) in [5, 5.41) is 8.48. The van der Waals surface area contributed by atoms with Gasteiger partial charge in [-0.25, -0.2) is 19.2 Å². The number of rotatable bonds is 20. The Morgan fingerprint density at radius 3 is 1.58 bits per heavy atom. The molecule has 3 N–H and O–H groups in total. The molecule has 2 atom stereocenters. The fourth-order valence-electron chi connectivity index (χ4n) is 4.76. The molecule has 52 heavy (non-hydrogen) atoms. The predicted molar refractivity (Wildman–Crippen MR) is 188 cm³/mol. The number of imide groups is 1. The molecule has 1 aliphatic rings. The minimum Gasteiger partial charge on any atom is -0.460 e. The Morgan fingerprint density at radius 1 is 0.596 bits per heavy atom. The van der Waals surface area contributed by atoms with Crippen molar-refractivity contribution in [1.29, 1.82) is 0 Å². The highest BCUT2D eigenvalue weighted by molar-refractivity contribution is 6.01. The van der Waals surface area contributed by atoms with E-state index in [2.05, 4.69) is 16.0 Å². The largest absolute Gasteiger partial charge is 0.460 e. The number of nitrogens with one attached hydrogen (secondary N) is 3. The average molecular weight is 741 g/mol. The maximum atomic E-state index is 13.1. The molecule has 0 spiro atoms. The van der Waals surface area contributed by atoms with Crippen molar-refractivity contribution in [3.8, 4) is 0 Å². The molecule has 5 amide bonds. The SMILES string of the molecule is CC(C)(C)OC(=O)CCC(NC(=O)NC(CCCCNC(=O)CCCCCCC(=O)ON1C(=O)CCC1=O)C(=O)OC(C)(C)C)C(=O)OC(C)(C)C. The second-order valence-corrected chi connectivity index (χ2v) is 15.7. The summed E-state index contributed by atoms with van der Waals surface area (Å²) in [5.41, 5.74) is -2.41. The van der Waals surface area contributed by atoms with Crippen LogP contribution in [0.5, 0.6) is 0 Å². The Kier molecular flexibility index (Phi) is 18.8. The lowest BCUT2D eigenvalue weighted by Gasteiger charge is -2.27. The molecule has 1 fully saturated rings. The van der Waals surface area contributed by atoms with Gasteiger partial charge in [-0.2, -0.15) is 0 Å². The Bertz CT molecular complexity index is 1250. The summed E-state index contributed by atoms with van der Waals surface area (Å²) in [4.78, 5) is 103. The van der Waals surface area contributed by atoms with Crippen molar-refractivity contribution in [2.75, 3.05) is 6.54 Å². The van der Waals surface area contributed by atoms with Crippen LogP contribution in [0.1, 0.15) is 146 Å². The van der Waals surface area contributed by atoms with E-state index < -0.39 is 70.6 Å². The van der Waals surface area contributed by atoms with Crippen LogP contribution >= 0.6 is 0 Å². The molecule has 0 bridgehead atoms. The number of hydroxylamine groups is 2. The van der Waals surface area contributed by atoms with Crippen molar-refractivity contribution < 1.29 is 57.4 Å². The third-order valence-corrected chi connectivity index (χ3v) is 7.03. The lowest BCUT2D eigenvalue weighted by Crippen LogP contribution is -2.53. The fourth-order valence-corrected chi connectivity index (χ4v) is 4.76. The lowest BCUT2D eigenvalue weighted by atomic mass is 10.1. The van der Waals surface area contributed by atoms with Gasteiger partial charge in [-0.3, -0.25) is 19.2 Å². The normalized spacial score (nSPS) is 14.6. The maximum absolute atomic E-state index is 13.1. The second-order valence-electron chi connectivity index (χ2n) is 15.7. The second kappa shape index (κ2) is 21.3. The number of esters is 3. The van der Waals surface area contributed by atoms with Crippen LogP contribution in [0.2, 0.25) is 0 Å². The number of amides is 5. The first-order valence-corrected chi connectivity index (χ1v) is 18.0. The smallest absolute Gasteiger partial charge is 0.333 e. The molecule has 0 saturated carbocycles. The molecular formula is C36H60N4O12. The van der Waals surface area contributed by atoms with Crippen molar-refractivity contribution in [3.05, 3.63) is 0 Å². The number of unbranched alkanes of at least 4 members (excludes halogenated alkanes) is 4. The molecule has 1 rings (SSSR count). The van der Waals surface area contributed by atoms with E-state index in [1.54, 1.807) is 62.3 Å². The summed E-state index contributed by atoms with van der Waals surface area (Å²) >= 11 is 0. The van der Waals surface area contributed by atoms with Crippen molar-refractivity contribution in [3.63, 3.8) is 0 Å². The average Bonchev–Trinajstić information content (AvgIpc) is 3.29. The van der Waals surface area contributed by atoms with Crippen molar-refractivity contribution in [2.45, 2.75) is 175 Å². The Labute approximate surface area is 307 Å².